The number of benzene rings is 1. The number of halogens is 1. The number of hydrogen-bond acceptors (Lipinski definition) is 2. The van der Waals surface area contributed by atoms with Gasteiger partial charge in [0, 0.05) is 5.56 Å². The summed E-state index contributed by atoms with van der Waals surface area (Å²) < 4.78 is 17.9. The maximum Gasteiger partial charge on any atom is 0.371 e. The number of carbonyl (C=O) groups is 1. The predicted molar refractivity (Wildman–Crippen MR) is 55.8 cm³/mol. The Kier molecular flexibility index (Phi) is 2.48. The van der Waals surface area contributed by atoms with Crippen molar-refractivity contribution in [2.24, 2.45) is 0 Å². The molecule has 3 nitrogen and oxygen atoms in total. The standard InChI is InChI=1S/C12H9FO3/c1-7-6-10(12(14)15)16-11(7)8-2-4-9(13)5-3-8/h2-6H,1H3,(H,14,15). The fourth-order valence-electron chi connectivity index (χ4n) is 1.48. The Labute approximate surface area is 91.1 Å². The van der Waals surface area contributed by atoms with Gasteiger partial charge in [-0.15, -0.1) is 0 Å². The summed E-state index contributed by atoms with van der Waals surface area (Å²) in [6, 6.07) is 7.15. The third-order valence-corrected chi connectivity index (χ3v) is 2.23. The Hall–Kier alpha value is -2.10. The highest BCUT2D eigenvalue weighted by Crippen LogP contribution is 2.26. The third kappa shape index (κ3) is 1.82. The van der Waals surface area contributed by atoms with Gasteiger partial charge < -0.3 is 9.52 Å². The molecule has 0 radical (unpaired) electrons. The average molecular weight is 220 g/mol. The van der Waals surface area contributed by atoms with Crippen LogP contribution in [0.5, 0.6) is 0 Å². The summed E-state index contributed by atoms with van der Waals surface area (Å²) in [4.78, 5) is 10.7. The lowest BCUT2D eigenvalue weighted by Gasteiger charge is -1.98. The first-order valence-electron chi connectivity index (χ1n) is 4.67. The van der Waals surface area contributed by atoms with E-state index < -0.39 is 5.97 Å². The number of furan rings is 1. The molecule has 4 heteroatoms. The summed E-state index contributed by atoms with van der Waals surface area (Å²) in [6.07, 6.45) is 0. The molecule has 0 saturated heterocycles. The van der Waals surface area contributed by atoms with Gasteiger partial charge in [0.1, 0.15) is 11.6 Å². The minimum Gasteiger partial charge on any atom is -0.475 e. The van der Waals surface area contributed by atoms with E-state index in [0.29, 0.717) is 16.9 Å². The Balaban J connectivity index is 2.47. The van der Waals surface area contributed by atoms with Crippen LogP contribution in [0.4, 0.5) is 4.39 Å². The van der Waals surface area contributed by atoms with E-state index in [1.165, 1.54) is 18.2 Å². The Morgan fingerprint density at radius 1 is 1.31 bits per heavy atom. The molecule has 0 fully saturated rings. The quantitative estimate of drug-likeness (QED) is 0.845. The zero-order valence-corrected chi connectivity index (χ0v) is 8.53. The van der Waals surface area contributed by atoms with E-state index in [9.17, 15) is 9.18 Å². The normalized spacial score (nSPS) is 10.4. The molecule has 0 aliphatic heterocycles. The van der Waals surface area contributed by atoms with Crippen LogP contribution < -0.4 is 0 Å². The monoisotopic (exact) mass is 220 g/mol. The highest BCUT2D eigenvalue weighted by Gasteiger charge is 2.14. The second-order valence-corrected chi connectivity index (χ2v) is 3.43. The molecule has 0 bridgehead atoms. The van der Waals surface area contributed by atoms with E-state index in [0.717, 1.165) is 0 Å². The summed E-state index contributed by atoms with van der Waals surface area (Å²) in [6.45, 7) is 1.74. The van der Waals surface area contributed by atoms with Crippen LogP contribution in [0.1, 0.15) is 16.1 Å². The largest absolute Gasteiger partial charge is 0.475 e. The molecule has 0 spiro atoms. The molecule has 0 atom stereocenters. The van der Waals surface area contributed by atoms with Crippen LogP contribution in [-0.2, 0) is 0 Å². The van der Waals surface area contributed by atoms with Crippen molar-refractivity contribution in [2.45, 2.75) is 6.92 Å². The molecule has 0 aliphatic rings. The van der Waals surface area contributed by atoms with Gasteiger partial charge in [0.05, 0.1) is 0 Å². The van der Waals surface area contributed by atoms with E-state index in [-0.39, 0.29) is 11.6 Å². The van der Waals surface area contributed by atoms with Gasteiger partial charge in [-0.25, -0.2) is 9.18 Å². The summed E-state index contributed by atoms with van der Waals surface area (Å²) in [5.74, 6) is -1.11. The molecule has 1 aromatic heterocycles. The van der Waals surface area contributed by atoms with E-state index in [1.807, 2.05) is 0 Å². The minimum absolute atomic E-state index is 0.114. The average Bonchev–Trinajstić information content (AvgIpc) is 2.62. The van der Waals surface area contributed by atoms with Gasteiger partial charge in [-0.05, 0) is 42.8 Å². The molecule has 82 valence electrons. The number of hydrogen-bond donors (Lipinski definition) is 1. The van der Waals surface area contributed by atoms with E-state index in [4.69, 9.17) is 9.52 Å². The maximum absolute atomic E-state index is 12.7. The van der Waals surface area contributed by atoms with Crippen molar-refractivity contribution in [3.63, 3.8) is 0 Å². The fourth-order valence-corrected chi connectivity index (χ4v) is 1.48. The SMILES string of the molecule is Cc1cc(C(=O)O)oc1-c1ccc(F)cc1. The zero-order chi connectivity index (χ0) is 11.7. The van der Waals surface area contributed by atoms with Crippen molar-refractivity contribution in [3.8, 4) is 11.3 Å². The first kappa shape index (κ1) is 10.4. The lowest BCUT2D eigenvalue weighted by Crippen LogP contribution is -1.91. The maximum atomic E-state index is 12.7. The second kappa shape index (κ2) is 3.81. The van der Waals surface area contributed by atoms with Crippen LogP contribution in [0.15, 0.2) is 34.7 Å². The highest BCUT2D eigenvalue weighted by molar-refractivity contribution is 5.86. The zero-order valence-electron chi connectivity index (χ0n) is 8.53. The lowest BCUT2D eigenvalue weighted by atomic mass is 10.1. The van der Waals surface area contributed by atoms with Crippen LogP contribution in [0.3, 0.4) is 0 Å². The minimum atomic E-state index is -1.11. The lowest BCUT2D eigenvalue weighted by molar-refractivity contribution is 0.0663. The number of carboxylic acid groups (broad SMARTS) is 1. The number of aromatic carboxylic acids is 1. The first-order valence-corrected chi connectivity index (χ1v) is 4.67. The van der Waals surface area contributed by atoms with Gasteiger partial charge in [-0.2, -0.15) is 0 Å². The van der Waals surface area contributed by atoms with Gasteiger partial charge in [0.15, 0.2) is 0 Å². The molecule has 0 unspecified atom stereocenters. The third-order valence-electron chi connectivity index (χ3n) is 2.23. The van der Waals surface area contributed by atoms with E-state index in [2.05, 4.69) is 0 Å². The van der Waals surface area contributed by atoms with Crippen LogP contribution in [-0.4, -0.2) is 11.1 Å². The molecule has 0 amide bonds. The van der Waals surface area contributed by atoms with Crippen molar-refractivity contribution in [1.82, 2.24) is 0 Å². The fraction of sp³-hybridized carbons (Fsp3) is 0.0833. The van der Waals surface area contributed by atoms with Crippen LogP contribution in [0, 0.1) is 12.7 Å². The Morgan fingerprint density at radius 3 is 2.44 bits per heavy atom. The van der Waals surface area contributed by atoms with E-state index in [1.54, 1.807) is 19.1 Å². The molecule has 1 aromatic carbocycles. The Morgan fingerprint density at radius 2 is 1.94 bits per heavy atom. The summed E-state index contributed by atoms with van der Waals surface area (Å²) in [5, 5.41) is 8.76. The topological polar surface area (TPSA) is 50.4 Å². The second-order valence-electron chi connectivity index (χ2n) is 3.43. The van der Waals surface area contributed by atoms with Gasteiger partial charge >= 0.3 is 5.97 Å². The predicted octanol–water partition coefficient (Wildman–Crippen LogP) is 3.09. The first-order chi connectivity index (χ1) is 7.58. The van der Waals surface area contributed by atoms with Crippen molar-refractivity contribution < 1.29 is 18.7 Å². The number of rotatable bonds is 2. The van der Waals surface area contributed by atoms with Crippen molar-refractivity contribution in [2.75, 3.05) is 0 Å². The van der Waals surface area contributed by atoms with Gasteiger partial charge in [0.2, 0.25) is 5.76 Å². The van der Waals surface area contributed by atoms with Gasteiger partial charge in [0.25, 0.3) is 0 Å². The Bertz CT molecular complexity index is 526. The van der Waals surface area contributed by atoms with Gasteiger partial charge in [-0.1, -0.05) is 0 Å². The highest BCUT2D eigenvalue weighted by atomic mass is 19.1. The van der Waals surface area contributed by atoms with Crippen molar-refractivity contribution in [1.29, 1.82) is 0 Å². The van der Waals surface area contributed by atoms with Crippen molar-refractivity contribution >= 4 is 5.97 Å². The molecule has 16 heavy (non-hydrogen) atoms. The summed E-state index contributed by atoms with van der Waals surface area (Å²) in [7, 11) is 0. The molecule has 2 aromatic rings. The van der Waals surface area contributed by atoms with Crippen molar-refractivity contribution in [3.05, 3.63) is 47.5 Å². The number of carboxylic acids is 1. The molecular weight excluding hydrogens is 211 g/mol. The molecular formula is C12H9FO3. The molecule has 0 saturated carbocycles. The summed E-state index contributed by atoms with van der Waals surface area (Å²) >= 11 is 0. The molecule has 1 heterocycles. The van der Waals surface area contributed by atoms with Crippen LogP contribution in [0.25, 0.3) is 11.3 Å². The smallest absolute Gasteiger partial charge is 0.371 e. The summed E-state index contributed by atoms with van der Waals surface area (Å²) in [5.41, 5.74) is 1.37. The molecule has 2 rings (SSSR count). The van der Waals surface area contributed by atoms with Crippen LogP contribution in [0.2, 0.25) is 0 Å². The van der Waals surface area contributed by atoms with Gasteiger partial charge in [-0.3, -0.25) is 0 Å². The van der Waals surface area contributed by atoms with Crippen LogP contribution >= 0.6 is 0 Å². The molecule has 0 aliphatic carbocycles. The number of aryl methyl sites for hydroxylation is 1. The molecule has 1 N–H and O–H groups in total. The van der Waals surface area contributed by atoms with E-state index >= 15 is 0 Å².